The predicted molar refractivity (Wildman–Crippen MR) is 117 cm³/mol. The number of H-pyrrole nitrogens is 1. The number of carbonyl (C=O) groups excluding carboxylic acids is 1. The van der Waals surface area contributed by atoms with Crippen LogP contribution in [0.4, 0.5) is 0 Å². The summed E-state index contributed by atoms with van der Waals surface area (Å²) in [5.41, 5.74) is 3.12. The molecule has 5 heteroatoms. The molecule has 1 aromatic heterocycles. The molecule has 2 N–H and O–H groups in total. The molecular formula is C24H21ClN2O2. The summed E-state index contributed by atoms with van der Waals surface area (Å²) in [5, 5.41) is 4.79. The van der Waals surface area contributed by atoms with Gasteiger partial charge < -0.3 is 15.0 Å². The fourth-order valence-electron chi connectivity index (χ4n) is 3.46. The summed E-state index contributed by atoms with van der Waals surface area (Å²) in [6.07, 6.45) is 1.99. The van der Waals surface area contributed by atoms with Crippen molar-refractivity contribution in [1.29, 1.82) is 0 Å². The van der Waals surface area contributed by atoms with Crippen LogP contribution in [0, 0.1) is 0 Å². The quantitative estimate of drug-likeness (QED) is 0.447. The van der Waals surface area contributed by atoms with Crippen LogP contribution < -0.4 is 10.1 Å². The van der Waals surface area contributed by atoms with Crippen molar-refractivity contribution in [3.63, 3.8) is 0 Å². The second-order valence-electron chi connectivity index (χ2n) is 6.77. The molecule has 0 fully saturated rings. The highest BCUT2D eigenvalue weighted by Gasteiger charge is 2.21. The van der Waals surface area contributed by atoms with Gasteiger partial charge in [0, 0.05) is 34.6 Å². The Balaban J connectivity index is 1.53. The van der Waals surface area contributed by atoms with E-state index in [-0.39, 0.29) is 18.4 Å². The van der Waals surface area contributed by atoms with E-state index in [9.17, 15) is 4.79 Å². The molecule has 0 saturated carbocycles. The van der Waals surface area contributed by atoms with Crippen molar-refractivity contribution in [3.05, 3.63) is 101 Å². The molecule has 29 heavy (non-hydrogen) atoms. The van der Waals surface area contributed by atoms with Crippen molar-refractivity contribution in [1.82, 2.24) is 10.3 Å². The highest BCUT2D eigenvalue weighted by Crippen LogP contribution is 2.34. The van der Waals surface area contributed by atoms with E-state index < -0.39 is 0 Å². The smallest absolute Gasteiger partial charge is 0.257 e. The molecule has 0 unspecified atom stereocenters. The fraction of sp³-hybridized carbons (Fsp3) is 0.125. The van der Waals surface area contributed by atoms with Gasteiger partial charge in [-0.05, 0) is 35.4 Å². The first kappa shape index (κ1) is 19.1. The van der Waals surface area contributed by atoms with E-state index in [0.717, 1.165) is 22.0 Å². The summed E-state index contributed by atoms with van der Waals surface area (Å²) < 4.78 is 5.55. The predicted octanol–water partition coefficient (Wildman–Crippen LogP) is 5.15. The van der Waals surface area contributed by atoms with Crippen LogP contribution in [0.5, 0.6) is 5.75 Å². The normalized spacial score (nSPS) is 11.9. The second-order valence-corrected chi connectivity index (χ2v) is 7.18. The number of halogens is 1. The molecule has 0 spiro atoms. The minimum Gasteiger partial charge on any atom is -0.484 e. The Morgan fingerprint density at radius 3 is 2.48 bits per heavy atom. The van der Waals surface area contributed by atoms with Gasteiger partial charge in [-0.2, -0.15) is 0 Å². The van der Waals surface area contributed by atoms with Gasteiger partial charge in [-0.1, -0.05) is 66.2 Å². The Morgan fingerprint density at radius 1 is 0.931 bits per heavy atom. The molecule has 1 heterocycles. The van der Waals surface area contributed by atoms with Crippen LogP contribution in [0.3, 0.4) is 0 Å². The standard InChI is InChI=1S/C24H21ClN2O2/c25-22-12-6-4-10-18(22)20(21-14-26-23-13-7-5-11-19(21)23)15-27-24(28)16-29-17-8-2-1-3-9-17/h1-14,20,26H,15-16H2,(H,27,28)/t20-/m1/s1. The summed E-state index contributed by atoms with van der Waals surface area (Å²) in [5.74, 6) is 0.410. The monoisotopic (exact) mass is 404 g/mol. The summed E-state index contributed by atoms with van der Waals surface area (Å²) >= 11 is 6.50. The maximum absolute atomic E-state index is 12.4. The van der Waals surface area contributed by atoms with Crippen molar-refractivity contribution >= 4 is 28.4 Å². The zero-order chi connectivity index (χ0) is 20.1. The molecule has 0 saturated heterocycles. The minimum absolute atomic E-state index is 0.0346. The molecule has 1 atom stereocenters. The number of aromatic amines is 1. The Labute approximate surface area is 174 Å². The lowest BCUT2D eigenvalue weighted by Crippen LogP contribution is -2.32. The third-order valence-corrected chi connectivity index (χ3v) is 5.24. The van der Waals surface area contributed by atoms with Crippen LogP contribution in [0.25, 0.3) is 10.9 Å². The highest BCUT2D eigenvalue weighted by atomic mass is 35.5. The number of hydrogen-bond acceptors (Lipinski definition) is 2. The molecule has 0 bridgehead atoms. The minimum atomic E-state index is -0.175. The van der Waals surface area contributed by atoms with E-state index in [0.29, 0.717) is 17.3 Å². The van der Waals surface area contributed by atoms with Gasteiger partial charge in [0.2, 0.25) is 0 Å². The molecule has 4 rings (SSSR count). The number of carbonyl (C=O) groups is 1. The maximum Gasteiger partial charge on any atom is 0.257 e. The number of para-hydroxylation sites is 2. The fourth-order valence-corrected chi connectivity index (χ4v) is 3.73. The van der Waals surface area contributed by atoms with Crippen molar-refractivity contribution in [2.24, 2.45) is 0 Å². The van der Waals surface area contributed by atoms with Gasteiger partial charge in [0.1, 0.15) is 5.75 Å². The number of rotatable bonds is 7. The summed E-state index contributed by atoms with van der Waals surface area (Å²) in [7, 11) is 0. The summed E-state index contributed by atoms with van der Waals surface area (Å²) in [6.45, 7) is 0.385. The Kier molecular flexibility index (Phi) is 5.82. The molecule has 3 aromatic carbocycles. The van der Waals surface area contributed by atoms with Gasteiger partial charge in [-0.25, -0.2) is 0 Å². The second kappa shape index (κ2) is 8.84. The molecule has 0 aliphatic heterocycles. The van der Waals surface area contributed by atoms with Crippen LogP contribution >= 0.6 is 11.6 Å². The third kappa shape index (κ3) is 4.44. The molecule has 0 aliphatic rings. The first-order valence-electron chi connectivity index (χ1n) is 9.47. The topological polar surface area (TPSA) is 54.1 Å². The van der Waals surface area contributed by atoms with Gasteiger partial charge in [0.25, 0.3) is 5.91 Å². The third-order valence-electron chi connectivity index (χ3n) is 4.89. The van der Waals surface area contributed by atoms with E-state index in [1.807, 2.05) is 79.0 Å². The zero-order valence-corrected chi connectivity index (χ0v) is 16.5. The van der Waals surface area contributed by atoms with Gasteiger partial charge in [-0.15, -0.1) is 0 Å². The summed E-state index contributed by atoms with van der Waals surface area (Å²) in [6, 6.07) is 25.2. The largest absolute Gasteiger partial charge is 0.484 e. The molecule has 146 valence electrons. The van der Waals surface area contributed by atoms with E-state index in [1.165, 1.54) is 0 Å². The number of ether oxygens (including phenoxy) is 1. The highest BCUT2D eigenvalue weighted by molar-refractivity contribution is 6.31. The average molecular weight is 405 g/mol. The lowest BCUT2D eigenvalue weighted by atomic mass is 9.91. The Bertz CT molecular complexity index is 1110. The first-order chi connectivity index (χ1) is 14.2. The van der Waals surface area contributed by atoms with Crippen LogP contribution in [-0.4, -0.2) is 24.0 Å². The van der Waals surface area contributed by atoms with Crippen molar-refractivity contribution in [2.75, 3.05) is 13.2 Å². The number of nitrogens with one attached hydrogen (secondary N) is 2. The number of hydrogen-bond donors (Lipinski definition) is 2. The lowest BCUT2D eigenvalue weighted by Gasteiger charge is -2.19. The number of amides is 1. The van der Waals surface area contributed by atoms with Gasteiger partial charge in [0.15, 0.2) is 6.61 Å². The van der Waals surface area contributed by atoms with Crippen LogP contribution in [0.1, 0.15) is 17.0 Å². The summed E-state index contributed by atoms with van der Waals surface area (Å²) in [4.78, 5) is 15.7. The Morgan fingerprint density at radius 2 is 1.66 bits per heavy atom. The molecule has 0 aliphatic carbocycles. The molecular weight excluding hydrogens is 384 g/mol. The molecule has 1 amide bonds. The van der Waals surface area contributed by atoms with Gasteiger partial charge >= 0.3 is 0 Å². The van der Waals surface area contributed by atoms with Gasteiger partial charge in [0.05, 0.1) is 0 Å². The molecule has 4 nitrogen and oxygen atoms in total. The van der Waals surface area contributed by atoms with Crippen LogP contribution in [0.2, 0.25) is 5.02 Å². The number of aromatic nitrogens is 1. The average Bonchev–Trinajstić information content (AvgIpc) is 3.18. The maximum atomic E-state index is 12.4. The lowest BCUT2D eigenvalue weighted by molar-refractivity contribution is -0.123. The van der Waals surface area contributed by atoms with Crippen LogP contribution in [0.15, 0.2) is 85.1 Å². The van der Waals surface area contributed by atoms with Gasteiger partial charge in [-0.3, -0.25) is 4.79 Å². The number of benzene rings is 3. The first-order valence-corrected chi connectivity index (χ1v) is 9.85. The van der Waals surface area contributed by atoms with Crippen molar-refractivity contribution < 1.29 is 9.53 Å². The van der Waals surface area contributed by atoms with E-state index >= 15 is 0 Å². The van der Waals surface area contributed by atoms with Crippen LogP contribution in [-0.2, 0) is 4.79 Å². The Hall–Kier alpha value is -3.24. The van der Waals surface area contributed by atoms with Crippen molar-refractivity contribution in [2.45, 2.75) is 5.92 Å². The molecule has 0 radical (unpaired) electrons. The van der Waals surface area contributed by atoms with E-state index in [2.05, 4.69) is 16.4 Å². The SMILES string of the molecule is O=C(COc1ccccc1)NC[C@H](c1ccccc1Cl)c1c[nH]c2ccccc12. The number of fused-ring (bicyclic) bond motifs is 1. The molecule has 4 aromatic rings. The van der Waals surface area contributed by atoms with Crippen molar-refractivity contribution in [3.8, 4) is 5.75 Å². The van der Waals surface area contributed by atoms with E-state index in [1.54, 1.807) is 0 Å². The van der Waals surface area contributed by atoms with E-state index in [4.69, 9.17) is 16.3 Å². The zero-order valence-electron chi connectivity index (χ0n) is 15.8.